The minimum atomic E-state index is -0.180. The van der Waals surface area contributed by atoms with Crippen LogP contribution in [0.4, 0.5) is 5.69 Å². The summed E-state index contributed by atoms with van der Waals surface area (Å²) in [5.41, 5.74) is 6.78. The molecule has 2 aromatic carbocycles. The Labute approximate surface area is 132 Å². The molecule has 0 aliphatic rings. The molecule has 0 saturated heterocycles. The molecule has 6 heteroatoms. The van der Waals surface area contributed by atoms with Crippen molar-refractivity contribution in [3.05, 3.63) is 53.1 Å². The van der Waals surface area contributed by atoms with Gasteiger partial charge in [-0.05, 0) is 30.3 Å². The maximum absolute atomic E-state index is 11.2. The lowest BCUT2D eigenvalue weighted by molar-refractivity contribution is -0.114. The van der Waals surface area contributed by atoms with Crippen LogP contribution in [-0.2, 0) is 4.79 Å². The largest absolute Gasteiger partial charge is 0.454 e. The number of amides is 1. The highest BCUT2D eigenvalue weighted by atomic mass is 35.5. The Kier molecular flexibility index (Phi) is 4.77. The molecule has 2 aromatic rings. The smallest absolute Gasteiger partial charge is 0.221 e. The van der Waals surface area contributed by atoms with Gasteiger partial charge in [0.1, 0.15) is 10.7 Å². The number of hydrogen-bond donors (Lipinski definition) is 2. The van der Waals surface area contributed by atoms with Crippen molar-refractivity contribution in [2.45, 2.75) is 6.92 Å². The van der Waals surface area contributed by atoms with E-state index in [4.69, 9.17) is 34.3 Å². The minimum Gasteiger partial charge on any atom is -0.454 e. The first kappa shape index (κ1) is 15.3. The fourth-order valence-corrected chi connectivity index (χ4v) is 2.05. The first-order valence-corrected chi connectivity index (χ1v) is 6.90. The number of para-hydroxylation sites is 2. The van der Waals surface area contributed by atoms with E-state index in [1.807, 2.05) is 0 Å². The number of nitrogens with two attached hydrogens (primary N) is 1. The van der Waals surface area contributed by atoms with E-state index in [9.17, 15) is 4.79 Å². The van der Waals surface area contributed by atoms with E-state index in [2.05, 4.69) is 5.32 Å². The zero-order valence-electron chi connectivity index (χ0n) is 11.2. The number of ether oxygens (including phenoxy) is 1. The number of halogens is 1. The van der Waals surface area contributed by atoms with Crippen LogP contribution in [0.15, 0.2) is 42.5 Å². The molecule has 0 radical (unpaired) electrons. The maximum atomic E-state index is 11.2. The van der Waals surface area contributed by atoms with Crippen LogP contribution in [-0.4, -0.2) is 10.9 Å². The average molecular weight is 321 g/mol. The van der Waals surface area contributed by atoms with Gasteiger partial charge in [0.2, 0.25) is 5.91 Å². The highest BCUT2D eigenvalue weighted by Crippen LogP contribution is 2.34. The first-order valence-electron chi connectivity index (χ1n) is 6.11. The Morgan fingerprint density at radius 2 is 1.95 bits per heavy atom. The number of nitrogens with one attached hydrogen (secondary N) is 1. The summed E-state index contributed by atoms with van der Waals surface area (Å²) in [7, 11) is 0. The van der Waals surface area contributed by atoms with Crippen LogP contribution in [0, 0.1) is 0 Å². The average Bonchev–Trinajstić information content (AvgIpc) is 2.42. The van der Waals surface area contributed by atoms with Crippen LogP contribution >= 0.6 is 23.8 Å². The molecule has 3 N–H and O–H groups in total. The number of thiocarbonyl (C=S) groups is 1. The number of rotatable bonds is 4. The van der Waals surface area contributed by atoms with Gasteiger partial charge < -0.3 is 15.8 Å². The SMILES string of the molecule is CC(=O)Nc1ccccc1Oc1ccc(C(N)=S)cc1Cl. The Morgan fingerprint density at radius 1 is 1.24 bits per heavy atom. The third-order valence-electron chi connectivity index (χ3n) is 2.63. The van der Waals surface area contributed by atoms with E-state index in [0.29, 0.717) is 27.8 Å². The van der Waals surface area contributed by atoms with Crippen molar-refractivity contribution in [2.75, 3.05) is 5.32 Å². The second-order valence-corrected chi connectivity index (χ2v) is 5.14. The number of anilines is 1. The standard InChI is InChI=1S/C15H13ClN2O2S/c1-9(19)18-12-4-2-3-5-14(12)20-13-7-6-10(15(17)21)8-11(13)16/h2-8H,1H3,(H2,17,21)(H,18,19). The molecule has 0 aliphatic carbocycles. The van der Waals surface area contributed by atoms with Crippen LogP contribution in [0.1, 0.15) is 12.5 Å². The topological polar surface area (TPSA) is 64.3 Å². The number of carbonyl (C=O) groups is 1. The zero-order chi connectivity index (χ0) is 15.4. The third kappa shape index (κ3) is 3.93. The second-order valence-electron chi connectivity index (χ2n) is 4.29. The Balaban J connectivity index is 2.30. The molecule has 2 rings (SSSR count). The summed E-state index contributed by atoms with van der Waals surface area (Å²) >= 11 is 11.0. The monoisotopic (exact) mass is 320 g/mol. The quantitative estimate of drug-likeness (QED) is 0.843. The van der Waals surface area contributed by atoms with Gasteiger partial charge in [-0.3, -0.25) is 4.79 Å². The van der Waals surface area contributed by atoms with Gasteiger partial charge in [0, 0.05) is 12.5 Å². The summed E-state index contributed by atoms with van der Waals surface area (Å²) in [5, 5.41) is 3.08. The van der Waals surface area contributed by atoms with E-state index in [-0.39, 0.29) is 10.9 Å². The third-order valence-corrected chi connectivity index (χ3v) is 3.17. The summed E-state index contributed by atoms with van der Waals surface area (Å²) in [5.74, 6) is 0.771. The maximum Gasteiger partial charge on any atom is 0.221 e. The highest BCUT2D eigenvalue weighted by Gasteiger charge is 2.09. The van der Waals surface area contributed by atoms with Gasteiger partial charge in [-0.1, -0.05) is 36.0 Å². The van der Waals surface area contributed by atoms with Crippen LogP contribution in [0.5, 0.6) is 11.5 Å². The Hall–Kier alpha value is -2.11. The summed E-state index contributed by atoms with van der Waals surface area (Å²) in [6.45, 7) is 1.43. The van der Waals surface area contributed by atoms with Gasteiger partial charge in [-0.25, -0.2) is 0 Å². The lowest BCUT2D eigenvalue weighted by atomic mass is 10.2. The number of benzene rings is 2. The molecule has 0 bridgehead atoms. The van der Waals surface area contributed by atoms with E-state index in [0.717, 1.165) is 0 Å². The van der Waals surface area contributed by atoms with E-state index in [1.54, 1.807) is 42.5 Å². The Bertz CT molecular complexity index is 704. The van der Waals surface area contributed by atoms with E-state index >= 15 is 0 Å². The normalized spacial score (nSPS) is 10.0. The van der Waals surface area contributed by atoms with Crippen molar-refractivity contribution in [1.82, 2.24) is 0 Å². The molecular formula is C15H13ClN2O2S. The zero-order valence-corrected chi connectivity index (χ0v) is 12.8. The van der Waals surface area contributed by atoms with E-state index in [1.165, 1.54) is 6.92 Å². The summed E-state index contributed by atoms with van der Waals surface area (Å²) in [4.78, 5) is 11.4. The molecule has 0 heterocycles. The molecule has 0 spiro atoms. The summed E-state index contributed by atoms with van der Waals surface area (Å²) < 4.78 is 5.75. The molecule has 0 atom stereocenters. The molecule has 0 aliphatic heterocycles. The fourth-order valence-electron chi connectivity index (χ4n) is 1.70. The highest BCUT2D eigenvalue weighted by molar-refractivity contribution is 7.80. The second kappa shape index (κ2) is 6.56. The van der Waals surface area contributed by atoms with Crippen LogP contribution in [0.25, 0.3) is 0 Å². The summed E-state index contributed by atoms with van der Waals surface area (Å²) in [6.07, 6.45) is 0. The number of hydrogen-bond acceptors (Lipinski definition) is 3. The van der Waals surface area contributed by atoms with Crippen molar-refractivity contribution >= 4 is 40.4 Å². The molecular weight excluding hydrogens is 308 g/mol. The van der Waals surface area contributed by atoms with Crippen molar-refractivity contribution in [3.63, 3.8) is 0 Å². The molecule has 0 unspecified atom stereocenters. The molecule has 0 aromatic heterocycles. The van der Waals surface area contributed by atoms with Gasteiger partial charge in [0.15, 0.2) is 5.75 Å². The van der Waals surface area contributed by atoms with Crippen molar-refractivity contribution < 1.29 is 9.53 Å². The summed E-state index contributed by atoms with van der Waals surface area (Å²) in [6, 6.07) is 12.1. The fraction of sp³-hybridized carbons (Fsp3) is 0.0667. The molecule has 0 saturated carbocycles. The van der Waals surface area contributed by atoms with Crippen LogP contribution in [0.2, 0.25) is 5.02 Å². The predicted octanol–water partition coefficient (Wildman–Crippen LogP) is 3.72. The van der Waals surface area contributed by atoms with Crippen molar-refractivity contribution in [1.29, 1.82) is 0 Å². The van der Waals surface area contributed by atoms with Gasteiger partial charge in [-0.2, -0.15) is 0 Å². The van der Waals surface area contributed by atoms with Crippen molar-refractivity contribution in [2.24, 2.45) is 5.73 Å². The van der Waals surface area contributed by atoms with Crippen molar-refractivity contribution in [3.8, 4) is 11.5 Å². The van der Waals surface area contributed by atoms with Gasteiger partial charge in [0.25, 0.3) is 0 Å². The molecule has 21 heavy (non-hydrogen) atoms. The first-order chi connectivity index (χ1) is 9.97. The van der Waals surface area contributed by atoms with E-state index < -0.39 is 0 Å². The van der Waals surface area contributed by atoms with Crippen LogP contribution < -0.4 is 15.8 Å². The van der Waals surface area contributed by atoms with Gasteiger partial charge in [-0.15, -0.1) is 0 Å². The Morgan fingerprint density at radius 3 is 2.57 bits per heavy atom. The molecule has 4 nitrogen and oxygen atoms in total. The van der Waals surface area contributed by atoms with Gasteiger partial charge >= 0.3 is 0 Å². The van der Waals surface area contributed by atoms with Crippen LogP contribution in [0.3, 0.4) is 0 Å². The lowest BCUT2D eigenvalue weighted by Gasteiger charge is -2.12. The molecule has 0 fully saturated rings. The molecule has 1 amide bonds. The minimum absolute atomic E-state index is 0.180. The predicted molar refractivity (Wildman–Crippen MR) is 88.2 cm³/mol. The molecule has 108 valence electrons. The number of carbonyl (C=O) groups excluding carboxylic acids is 1. The van der Waals surface area contributed by atoms with Gasteiger partial charge in [0.05, 0.1) is 10.7 Å². The lowest BCUT2D eigenvalue weighted by Crippen LogP contribution is -2.09.